The second-order valence-corrected chi connectivity index (χ2v) is 3.69. The SMILES string of the molecule is CC(C#N)(CCO)c1ccccc1[N+](=O)[O-]. The van der Waals surface area contributed by atoms with Crippen molar-refractivity contribution in [3.8, 4) is 6.07 Å². The van der Waals surface area contributed by atoms with Crippen molar-refractivity contribution in [2.45, 2.75) is 18.8 Å². The van der Waals surface area contributed by atoms with Crippen LogP contribution in [0.5, 0.6) is 0 Å². The van der Waals surface area contributed by atoms with Gasteiger partial charge in [-0.25, -0.2) is 0 Å². The number of nitriles is 1. The number of para-hydroxylation sites is 1. The Hall–Kier alpha value is -1.93. The number of aliphatic hydroxyl groups is 1. The molecule has 0 heterocycles. The molecule has 0 radical (unpaired) electrons. The molecule has 0 aliphatic heterocycles. The zero-order chi connectivity index (χ0) is 12.2. The smallest absolute Gasteiger partial charge is 0.274 e. The van der Waals surface area contributed by atoms with E-state index in [1.165, 1.54) is 6.07 Å². The zero-order valence-electron chi connectivity index (χ0n) is 8.88. The average molecular weight is 220 g/mol. The molecule has 0 spiro atoms. The van der Waals surface area contributed by atoms with Gasteiger partial charge in [-0.2, -0.15) is 5.26 Å². The van der Waals surface area contributed by atoms with E-state index in [1.807, 2.05) is 6.07 Å². The monoisotopic (exact) mass is 220 g/mol. The minimum Gasteiger partial charge on any atom is -0.396 e. The molecule has 0 aromatic heterocycles. The van der Waals surface area contributed by atoms with Crippen molar-refractivity contribution in [2.24, 2.45) is 0 Å². The lowest BCUT2D eigenvalue weighted by Gasteiger charge is -2.20. The first kappa shape index (κ1) is 12.1. The molecule has 1 rings (SSSR count). The van der Waals surface area contributed by atoms with Crippen LogP contribution in [-0.2, 0) is 5.41 Å². The van der Waals surface area contributed by atoms with Crippen LogP contribution < -0.4 is 0 Å². The van der Waals surface area contributed by atoms with Gasteiger partial charge in [0.1, 0.15) is 0 Å². The molecule has 5 nitrogen and oxygen atoms in total. The van der Waals surface area contributed by atoms with E-state index in [9.17, 15) is 10.1 Å². The molecule has 5 heteroatoms. The van der Waals surface area contributed by atoms with Crippen LogP contribution in [0.2, 0.25) is 0 Å². The van der Waals surface area contributed by atoms with Crippen molar-refractivity contribution in [1.82, 2.24) is 0 Å². The maximum atomic E-state index is 10.8. The largest absolute Gasteiger partial charge is 0.396 e. The number of hydrogen-bond donors (Lipinski definition) is 1. The van der Waals surface area contributed by atoms with E-state index in [2.05, 4.69) is 0 Å². The maximum absolute atomic E-state index is 10.8. The zero-order valence-corrected chi connectivity index (χ0v) is 8.88. The van der Waals surface area contributed by atoms with E-state index >= 15 is 0 Å². The molecule has 0 saturated heterocycles. The maximum Gasteiger partial charge on any atom is 0.274 e. The molecule has 1 aromatic rings. The number of aliphatic hydroxyl groups excluding tert-OH is 1. The highest BCUT2D eigenvalue weighted by atomic mass is 16.6. The molecule has 0 saturated carbocycles. The quantitative estimate of drug-likeness (QED) is 0.618. The Morgan fingerprint density at radius 3 is 2.69 bits per heavy atom. The molecule has 0 amide bonds. The summed E-state index contributed by atoms with van der Waals surface area (Å²) in [6.45, 7) is 1.40. The second-order valence-electron chi connectivity index (χ2n) is 3.69. The summed E-state index contributed by atoms with van der Waals surface area (Å²) < 4.78 is 0. The molecule has 0 aliphatic carbocycles. The molecule has 1 atom stereocenters. The van der Waals surface area contributed by atoms with Crippen LogP contribution in [0.4, 0.5) is 5.69 Å². The number of rotatable bonds is 4. The van der Waals surface area contributed by atoms with Crippen molar-refractivity contribution in [3.63, 3.8) is 0 Å². The van der Waals surface area contributed by atoms with E-state index in [1.54, 1.807) is 25.1 Å². The van der Waals surface area contributed by atoms with Gasteiger partial charge in [0.15, 0.2) is 0 Å². The van der Waals surface area contributed by atoms with Crippen molar-refractivity contribution in [3.05, 3.63) is 39.9 Å². The molecule has 1 unspecified atom stereocenters. The van der Waals surface area contributed by atoms with E-state index in [0.29, 0.717) is 5.56 Å². The molecular formula is C11H12N2O3. The normalized spacial score (nSPS) is 13.8. The lowest BCUT2D eigenvalue weighted by atomic mass is 9.80. The van der Waals surface area contributed by atoms with Crippen molar-refractivity contribution < 1.29 is 10.0 Å². The molecule has 0 fully saturated rings. The second kappa shape index (κ2) is 4.73. The Bertz CT molecular complexity index is 439. The van der Waals surface area contributed by atoms with Crippen LogP contribution in [-0.4, -0.2) is 16.6 Å². The summed E-state index contributed by atoms with van der Waals surface area (Å²) in [5.74, 6) is 0. The first-order valence-corrected chi connectivity index (χ1v) is 4.81. The van der Waals surface area contributed by atoms with Gasteiger partial charge in [0.2, 0.25) is 0 Å². The highest BCUT2D eigenvalue weighted by Crippen LogP contribution is 2.33. The van der Waals surface area contributed by atoms with Gasteiger partial charge >= 0.3 is 0 Å². The molecular weight excluding hydrogens is 208 g/mol. The molecule has 16 heavy (non-hydrogen) atoms. The van der Waals surface area contributed by atoms with Crippen LogP contribution >= 0.6 is 0 Å². The lowest BCUT2D eigenvalue weighted by Crippen LogP contribution is -2.22. The predicted octanol–water partition coefficient (Wildman–Crippen LogP) is 1.76. The van der Waals surface area contributed by atoms with Crippen LogP contribution in [0.25, 0.3) is 0 Å². The number of nitro benzene ring substituents is 1. The van der Waals surface area contributed by atoms with Gasteiger partial charge in [-0.05, 0) is 13.3 Å². The first-order chi connectivity index (χ1) is 7.55. The minimum atomic E-state index is -1.03. The summed E-state index contributed by atoms with van der Waals surface area (Å²) in [4.78, 5) is 10.3. The highest BCUT2D eigenvalue weighted by Gasteiger charge is 2.32. The van der Waals surface area contributed by atoms with Crippen molar-refractivity contribution >= 4 is 5.69 Å². The van der Waals surface area contributed by atoms with E-state index in [-0.39, 0.29) is 18.7 Å². The Balaban J connectivity index is 3.31. The van der Waals surface area contributed by atoms with Gasteiger partial charge < -0.3 is 5.11 Å². The number of nitrogens with zero attached hydrogens (tertiary/aromatic N) is 2. The van der Waals surface area contributed by atoms with Crippen molar-refractivity contribution in [2.75, 3.05) is 6.61 Å². The van der Waals surface area contributed by atoms with Gasteiger partial charge in [-0.3, -0.25) is 10.1 Å². The van der Waals surface area contributed by atoms with Gasteiger partial charge in [-0.15, -0.1) is 0 Å². The number of hydrogen-bond acceptors (Lipinski definition) is 4. The van der Waals surface area contributed by atoms with Crippen LogP contribution in [0, 0.1) is 21.4 Å². The first-order valence-electron chi connectivity index (χ1n) is 4.81. The Kier molecular flexibility index (Phi) is 3.59. The van der Waals surface area contributed by atoms with Crippen LogP contribution in [0.1, 0.15) is 18.9 Å². The van der Waals surface area contributed by atoms with E-state index in [4.69, 9.17) is 10.4 Å². The molecule has 1 aromatic carbocycles. The minimum absolute atomic E-state index is 0.0833. The van der Waals surface area contributed by atoms with Crippen molar-refractivity contribution in [1.29, 1.82) is 5.26 Å². The fraction of sp³-hybridized carbons (Fsp3) is 0.364. The molecule has 84 valence electrons. The third-order valence-corrected chi connectivity index (χ3v) is 2.55. The Morgan fingerprint density at radius 1 is 1.56 bits per heavy atom. The van der Waals surface area contributed by atoms with Crippen LogP contribution in [0.15, 0.2) is 24.3 Å². The van der Waals surface area contributed by atoms with Gasteiger partial charge in [0.25, 0.3) is 5.69 Å². The lowest BCUT2D eigenvalue weighted by molar-refractivity contribution is -0.385. The average Bonchev–Trinajstić information content (AvgIpc) is 2.29. The van der Waals surface area contributed by atoms with E-state index in [0.717, 1.165) is 0 Å². The summed E-state index contributed by atoms with van der Waals surface area (Å²) in [6, 6.07) is 8.14. The number of nitro groups is 1. The summed E-state index contributed by atoms with van der Waals surface area (Å²) in [5.41, 5.74) is -0.769. The predicted molar refractivity (Wildman–Crippen MR) is 57.8 cm³/mol. The highest BCUT2D eigenvalue weighted by molar-refractivity contribution is 5.47. The van der Waals surface area contributed by atoms with Gasteiger partial charge in [0.05, 0.1) is 16.4 Å². The molecule has 1 N–H and O–H groups in total. The summed E-state index contributed by atoms with van der Waals surface area (Å²) in [7, 11) is 0. The summed E-state index contributed by atoms with van der Waals surface area (Å²) >= 11 is 0. The van der Waals surface area contributed by atoms with E-state index < -0.39 is 10.3 Å². The van der Waals surface area contributed by atoms with Gasteiger partial charge in [0, 0.05) is 18.2 Å². The Morgan fingerprint density at radius 2 is 2.19 bits per heavy atom. The van der Waals surface area contributed by atoms with Crippen LogP contribution in [0.3, 0.4) is 0 Å². The summed E-state index contributed by atoms with van der Waals surface area (Å²) in [6.07, 6.45) is 0.175. The number of benzene rings is 1. The fourth-order valence-electron chi connectivity index (χ4n) is 1.57. The third-order valence-electron chi connectivity index (χ3n) is 2.55. The van der Waals surface area contributed by atoms with Gasteiger partial charge in [-0.1, -0.05) is 18.2 Å². The molecule has 0 aliphatic rings. The Labute approximate surface area is 93.1 Å². The summed E-state index contributed by atoms with van der Waals surface area (Å²) in [5, 5.41) is 28.8. The molecule has 0 bridgehead atoms. The third kappa shape index (κ3) is 2.18. The fourth-order valence-corrected chi connectivity index (χ4v) is 1.57. The topological polar surface area (TPSA) is 87.2 Å². The standard InChI is InChI=1S/C11H12N2O3/c1-11(8-12,6-7-14)9-4-2-3-5-10(9)13(15)16/h2-5,14H,6-7H2,1H3.